The van der Waals surface area contributed by atoms with E-state index in [-0.39, 0.29) is 12.2 Å². The number of esters is 1. The van der Waals surface area contributed by atoms with Gasteiger partial charge in [0.1, 0.15) is 11.8 Å². The molecule has 43 heavy (non-hydrogen) atoms. The number of methoxy groups -OCH3 is 1. The molecule has 0 saturated heterocycles. The first-order valence-electron chi connectivity index (χ1n) is 14.3. The molecule has 1 atom stereocenters. The van der Waals surface area contributed by atoms with Gasteiger partial charge in [0.25, 0.3) is 5.56 Å². The molecule has 0 bridgehead atoms. The highest BCUT2D eigenvalue weighted by Crippen LogP contribution is 2.42. The van der Waals surface area contributed by atoms with Crippen LogP contribution in [0, 0.1) is 0 Å². The fourth-order valence-electron chi connectivity index (χ4n) is 5.58. The van der Waals surface area contributed by atoms with Gasteiger partial charge in [-0.05, 0) is 46.9 Å². The van der Waals surface area contributed by atoms with Crippen LogP contribution in [0.4, 0.5) is 0 Å². The summed E-state index contributed by atoms with van der Waals surface area (Å²) in [6, 6.07) is 28.7. The number of carbonyl (C=O) groups excluding carboxylic acids is 1. The molecule has 6 rings (SSSR count). The van der Waals surface area contributed by atoms with Crippen molar-refractivity contribution in [1.82, 2.24) is 4.57 Å². The van der Waals surface area contributed by atoms with E-state index in [1.165, 1.54) is 16.9 Å². The van der Waals surface area contributed by atoms with E-state index in [1.54, 1.807) is 18.6 Å². The maximum atomic E-state index is 14.3. The SMILES string of the molecule is CCOC(=O)C1=C(c2ccccc2)N=c2s/c(=C/c3ccc(C(C)C)cc3)c(=O)n2[C@H]1c1c(OC)ccc2ccccc12. The molecule has 1 aliphatic rings. The molecule has 0 saturated carbocycles. The lowest BCUT2D eigenvalue weighted by atomic mass is 9.89. The van der Waals surface area contributed by atoms with Crippen LogP contribution in [-0.4, -0.2) is 24.3 Å². The molecule has 0 N–H and O–H groups in total. The van der Waals surface area contributed by atoms with Crippen molar-refractivity contribution in [3.63, 3.8) is 0 Å². The fraction of sp³-hybridized carbons (Fsp3) is 0.194. The van der Waals surface area contributed by atoms with Crippen LogP contribution in [0.1, 0.15) is 55.0 Å². The number of ether oxygens (including phenoxy) is 2. The summed E-state index contributed by atoms with van der Waals surface area (Å²) >= 11 is 1.31. The normalized spacial score (nSPS) is 15.0. The first kappa shape index (κ1) is 28.4. The van der Waals surface area contributed by atoms with E-state index in [4.69, 9.17) is 14.5 Å². The quantitative estimate of drug-likeness (QED) is 0.212. The molecule has 0 amide bonds. The third-order valence-electron chi connectivity index (χ3n) is 7.70. The minimum Gasteiger partial charge on any atom is -0.496 e. The van der Waals surface area contributed by atoms with Crippen LogP contribution >= 0.6 is 11.3 Å². The van der Waals surface area contributed by atoms with Crippen LogP contribution in [0.2, 0.25) is 0 Å². The van der Waals surface area contributed by atoms with Crippen molar-refractivity contribution in [2.24, 2.45) is 4.99 Å². The molecular formula is C36H32N2O4S. The molecule has 0 radical (unpaired) electrons. The Labute approximate surface area is 253 Å². The highest BCUT2D eigenvalue weighted by atomic mass is 32.1. The third kappa shape index (κ3) is 5.21. The van der Waals surface area contributed by atoms with Crippen molar-refractivity contribution in [2.75, 3.05) is 13.7 Å². The average molecular weight is 589 g/mol. The second-order valence-electron chi connectivity index (χ2n) is 10.7. The number of thiazole rings is 1. The van der Waals surface area contributed by atoms with Crippen LogP contribution in [0.5, 0.6) is 5.75 Å². The Balaban J connectivity index is 1.70. The largest absolute Gasteiger partial charge is 0.496 e. The maximum absolute atomic E-state index is 14.3. The standard InChI is InChI=1S/C36H32N2O4S/c1-5-42-35(40)31-32(26-12-7-6-8-13-26)37-36-38(33(31)30-27-14-10-9-11-25(27)19-20-28(30)41-4)34(39)29(43-36)21-23-15-17-24(18-16-23)22(2)3/h6-22,33H,5H2,1-4H3/b29-21+/t33-/m0/s1. The van der Waals surface area contributed by atoms with Crippen molar-refractivity contribution in [3.8, 4) is 5.75 Å². The first-order valence-corrected chi connectivity index (χ1v) is 15.2. The molecule has 0 unspecified atom stereocenters. The zero-order chi connectivity index (χ0) is 30.1. The van der Waals surface area contributed by atoms with Crippen LogP contribution < -0.4 is 19.6 Å². The summed E-state index contributed by atoms with van der Waals surface area (Å²) in [6.07, 6.45) is 1.89. The first-order chi connectivity index (χ1) is 20.9. The Kier molecular flexibility index (Phi) is 7.82. The van der Waals surface area contributed by atoms with E-state index in [1.807, 2.05) is 84.9 Å². The van der Waals surface area contributed by atoms with Gasteiger partial charge < -0.3 is 9.47 Å². The summed E-state index contributed by atoms with van der Waals surface area (Å²) in [5, 5.41) is 1.84. The maximum Gasteiger partial charge on any atom is 0.338 e. The second kappa shape index (κ2) is 11.9. The minimum atomic E-state index is -0.836. The Bertz CT molecular complexity index is 2040. The Morgan fingerprint density at radius 3 is 2.40 bits per heavy atom. The van der Waals surface area contributed by atoms with Crippen molar-refractivity contribution >= 4 is 39.9 Å². The average Bonchev–Trinajstić information content (AvgIpc) is 3.34. The number of benzene rings is 4. The van der Waals surface area contributed by atoms with Gasteiger partial charge in [-0.1, -0.05) is 110 Å². The third-order valence-corrected chi connectivity index (χ3v) is 8.68. The van der Waals surface area contributed by atoms with Crippen molar-refractivity contribution < 1.29 is 14.3 Å². The zero-order valence-electron chi connectivity index (χ0n) is 24.5. The predicted molar refractivity (Wildman–Crippen MR) is 172 cm³/mol. The van der Waals surface area contributed by atoms with Gasteiger partial charge in [-0.15, -0.1) is 0 Å². The summed E-state index contributed by atoms with van der Waals surface area (Å²) in [5.74, 6) is 0.454. The van der Waals surface area contributed by atoms with Gasteiger partial charge in [0.15, 0.2) is 4.80 Å². The Morgan fingerprint density at radius 2 is 1.70 bits per heavy atom. The summed E-state index contributed by atoms with van der Waals surface area (Å²) in [4.78, 5) is 33.7. The number of hydrogen-bond acceptors (Lipinski definition) is 6. The van der Waals surface area contributed by atoms with E-state index in [0.29, 0.717) is 37.8 Å². The molecule has 216 valence electrons. The monoisotopic (exact) mass is 588 g/mol. The molecule has 1 aromatic heterocycles. The van der Waals surface area contributed by atoms with Crippen molar-refractivity contribution in [2.45, 2.75) is 32.7 Å². The van der Waals surface area contributed by atoms with Crippen LogP contribution in [-0.2, 0) is 9.53 Å². The zero-order valence-corrected chi connectivity index (χ0v) is 25.4. The molecular weight excluding hydrogens is 556 g/mol. The summed E-state index contributed by atoms with van der Waals surface area (Å²) in [7, 11) is 1.60. The molecule has 0 spiro atoms. The van der Waals surface area contributed by atoms with Gasteiger partial charge in [-0.2, -0.15) is 0 Å². The lowest BCUT2D eigenvalue weighted by Crippen LogP contribution is -2.40. The van der Waals surface area contributed by atoms with Crippen LogP contribution in [0.15, 0.2) is 106 Å². The number of hydrogen-bond donors (Lipinski definition) is 0. The van der Waals surface area contributed by atoms with Gasteiger partial charge in [0, 0.05) is 11.1 Å². The lowest BCUT2D eigenvalue weighted by Gasteiger charge is -2.28. The van der Waals surface area contributed by atoms with Gasteiger partial charge in [-0.25, -0.2) is 9.79 Å². The predicted octanol–water partition coefficient (Wildman–Crippen LogP) is 6.22. The summed E-state index contributed by atoms with van der Waals surface area (Å²) < 4.78 is 13.7. The van der Waals surface area contributed by atoms with Gasteiger partial charge >= 0.3 is 5.97 Å². The highest BCUT2D eigenvalue weighted by molar-refractivity contribution is 7.07. The number of aromatic nitrogens is 1. The van der Waals surface area contributed by atoms with Crippen LogP contribution in [0.3, 0.4) is 0 Å². The van der Waals surface area contributed by atoms with E-state index in [9.17, 15) is 9.59 Å². The second-order valence-corrected chi connectivity index (χ2v) is 11.7. The summed E-state index contributed by atoms with van der Waals surface area (Å²) in [5.41, 5.74) is 4.16. The van der Waals surface area contributed by atoms with Crippen LogP contribution in [0.25, 0.3) is 22.5 Å². The van der Waals surface area contributed by atoms with E-state index < -0.39 is 12.0 Å². The minimum absolute atomic E-state index is 0.181. The van der Waals surface area contributed by atoms with Gasteiger partial charge in [0.2, 0.25) is 0 Å². The molecule has 7 heteroatoms. The number of carbonyl (C=O) groups is 1. The molecule has 0 fully saturated rings. The fourth-order valence-corrected chi connectivity index (χ4v) is 6.58. The Hall–Kier alpha value is -4.75. The van der Waals surface area contributed by atoms with Crippen molar-refractivity contribution in [1.29, 1.82) is 0 Å². The topological polar surface area (TPSA) is 69.9 Å². The molecule has 6 nitrogen and oxygen atoms in total. The lowest BCUT2D eigenvalue weighted by molar-refractivity contribution is -0.138. The number of nitrogens with zero attached hydrogens (tertiary/aromatic N) is 2. The smallest absolute Gasteiger partial charge is 0.338 e. The summed E-state index contributed by atoms with van der Waals surface area (Å²) in [6.45, 7) is 6.26. The van der Waals surface area contributed by atoms with Gasteiger partial charge in [-0.3, -0.25) is 9.36 Å². The van der Waals surface area contributed by atoms with E-state index >= 15 is 0 Å². The van der Waals surface area contributed by atoms with E-state index in [0.717, 1.165) is 21.9 Å². The van der Waals surface area contributed by atoms with Crippen molar-refractivity contribution in [3.05, 3.63) is 139 Å². The molecule has 5 aromatic rings. The molecule has 2 heterocycles. The molecule has 1 aliphatic heterocycles. The Morgan fingerprint density at radius 1 is 0.977 bits per heavy atom. The van der Waals surface area contributed by atoms with E-state index in [2.05, 4.69) is 26.0 Å². The molecule has 0 aliphatic carbocycles. The van der Waals surface area contributed by atoms with Gasteiger partial charge in [0.05, 0.1) is 29.5 Å². The molecule has 4 aromatic carbocycles. The highest BCUT2D eigenvalue weighted by Gasteiger charge is 2.37. The number of rotatable bonds is 7. The number of fused-ring (bicyclic) bond motifs is 2.